The smallest absolute Gasteiger partial charge is 0.328 e. The molecule has 7 heteroatoms. The van der Waals surface area contributed by atoms with Crippen molar-refractivity contribution in [2.45, 2.75) is 6.92 Å². The van der Waals surface area contributed by atoms with Crippen LogP contribution in [0.5, 0.6) is 11.5 Å². The summed E-state index contributed by atoms with van der Waals surface area (Å²) in [6.07, 6.45) is 1.37. The first-order chi connectivity index (χ1) is 10.0. The number of amides is 4. The quantitative estimate of drug-likeness (QED) is 0.633. The number of barbiturate groups is 1. The Hall–Kier alpha value is -2.83. The molecular weight excluding hydrogens is 276 g/mol. The molecular formula is C14H14N2O5. The van der Waals surface area contributed by atoms with E-state index in [2.05, 4.69) is 0 Å². The summed E-state index contributed by atoms with van der Waals surface area (Å²) in [6, 6.07) is 4.16. The van der Waals surface area contributed by atoms with Crippen LogP contribution in [0.4, 0.5) is 4.79 Å². The topological polar surface area (TPSA) is 93.7 Å². The molecule has 2 N–H and O–H groups in total. The van der Waals surface area contributed by atoms with Crippen molar-refractivity contribution in [2.75, 3.05) is 13.7 Å². The molecule has 7 nitrogen and oxygen atoms in total. The van der Waals surface area contributed by atoms with E-state index in [9.17, 15) is 14.4 Å². The van der Waals surface area contributed by atoms with Crippen molar-refractivity contribution in [3.63, 3.8) is 0 Å². The lowest BCUT2D eigenvalue weighted by molar-refractivity contribution is -0.123. The number of nitrogens with one attached hydrogen (secondary N) is 2. The van der Waals surface area contributed by atoms with Crippen molar-refractivity contribution in [1.82, 2.24) is 10.6 Å². The molecule has 1 fully saturated rings. The minimum atomic E-state index is -0.827. The van der Waals surface area contributed by atoms with Crippen molar-refractivity contribution in [2.24, 2.45) is 0 Å². The maximum absolute atomic E-state index is 11.6. The minimum absolute atomic E-state index is 0.152. The van der Waals surface area contributed by atoms with Gasteiger partial charge in [0.05, 0.1) is 13.7 Å². The summed E-state index contributed by atoms with van der Waals surface area (Å²) in [7, 11) is 1.49. The molecule has 4 amide bonds. The van der Waals surface area contributed by atoms with Crippen LogP contribution in [-0.2, 0) is 9.59 Å². The molecule has 1 saturated heterocycles. The molecule has 1 aromatic rings. The normalized spacial score (nSPS) is 14.4. The number of benzene rings is 1. The van der Waals surface area contributed by atoms with Crippen LogP contribution in [-0.4, -0.2) is 31.6 Å². The van der Waals surface area contributed by atoms with E-state index in [4.69, 9.17) is 9.47 Å². The molecule has 0 bridgehead atoms. The molecule has 0 atom stereocenters. The van der Waals surface area contributed by atoms with Crippen LogP contribution in [0, 0.1) is 0 Å². The van der Waals surface area contributed by atoms with Crippen molar-refractivity contribution < 1.29 is 23.9 Å². The second-order valence-electron chi connectivity index (χ2n) is 4.14. The van der Waals surface area contributed by atoms with Crippen LogP contribution < -0.4 is 20.1 Å². The van der Waals surface area contributed by atoms with Gasteiger partial charge in [-0.15, -0.1) is 0 Å². The Morgan fingerprint density at radius 3 is 2.33 bits per heavy atom. The molecule has 0 unspecified atom stereocenters. The maximum atomic E-state index is 11.6. The van der Waals surface area contributed by atoms with Gasteiger partial charge in [0, 0.05) is 0 Å². The number of carbonyl (C=O) groups is 3. The van der Waals surface area contributed by atoms with Gasteiger partial charge in [-0.05, 0) is 30.7 Å². The Kier molecular flexibility index (Phi) is 4.22. The molecule has 0 spiro atoms. The molecule has 0 aliphatic carbocycles. The van der Waals surface area contributed by atoms with Gasteiger partial charge in [0.1, 0.15) is 5.57 Å². The maximum Gasteiger partial charge on any atom is 0.328 e. The molecule has 1 aliphatic rings. The first-order valence-corrected chi connectivity index (χ1v) is 6.24. The van der Waals surface area contributed by atoms with E-state index >= 15 is 0 Å². The lowest BCUT2D eigenvalue weighted by Gasteiger charge is -2.14. The van der Waals surface area contributed by atoms with Crippen LogP contribution in [0.3, 0.4) is 0 Å². The fourth-order valence-electron chi connectivity index (χ4n) is 1.82. The molecule has 2 rings (SSSR count). The van der Waals surface area contributed by atoms with E-state index in [-0.39, 0.29) is 5.57 Å². The van der Waals surface area contributed by atoms with E-state index in [1.54, 1.807) is 18.2 Å². The molecule has 1 aromatic carbocycles. The predicted octanol–water partition coefficient (Wildman–Crippen LogP) is 0.843. The number of urea groups is 1. The molecule has 21 heavy (non-hydrogen) atoms. The van der Waals surface area contributed by atoms with E-state index in [1.165, 1.54) is 13.2 Å². The Bertz CT molecular complexity index is 614. The van der Waals surface area contributed by atoms with Gasteiger partial charge in [-0.3, -0.25) is 20.2 Å². The highest BCUT2D eigenvalue weighted by Gasteiger charge is 2.27. The van der Waals surface area contributed by atoms with Crippen LogP contribution in [0.15, 0.2) is 23.8 Å². The lowest BCUT2D eigenvalue weighted by Crippen LogP contribution is -2.51. The Morgan fingerprint density at radius 1 is 1.10 bits per heavy atom. The Labute approximate surface area is 120 Å². The number of carbonyl (C=O) groups excluding carboxylic acids is 3. The summed E-state index contributed by atoms with van der Waals surface area (Å²) in [4.78, 5) is 34.2. The standard InChI is InChI=1S/C14H14N2O5/c1-3-21-10-5-4-8(7-11(10)20-2)6-9-12(17)15-14(19)16-13(9)18/h4-7H,3H2,1-2H3,(H2,15,16,17,18,19). The highest BCUT2D eigenvalue weighted by Crippen LogP contribution is 2.29. The fourth-order valence-corrected chi connectivity index (χ4v) is 1.82. The van der Waals surface area contributed by atoms with E-state index < -0.39 is 17.8 Å². The third-order valence-electron chi connectivity index (χ3n) is 2.74. The highest BCUT2D eigenvalue weighted by molar-refractivity contribution is 6.31. The number of hydrogen-bond donors (Lipinski definition) is 2. The molecule has 1 aliphatic heterocycles. The summed E-state index contributed by atoms with van der Waals surface area (Å²) in [5.74, 6) is -0.429. The van der Waals surface area contributed by atoms with Crippen LogP contribution in [0.2, 0.25) is 0 Å². The van der Waals surface area contributed by atoms with Gasteiger partial charge in [-0.25, -0.2) is 4.79 Å². The molecule has 1 heterocycles. The van der Waals surface area contributed by atoms with Crippen LogP contribution in [0.1, 0.15) is 12.5 Å². The summed E-state index contributed by atoms with van der Waals surface area (Å²) >= 11 is 0. The highest BCUT2D eigenvalue weighted by atomic mass is 16.5. The van der Waals surface area contributed by atoms with Gasteiger partial charge in [-0.2, -0.15) is 0 Å². The fraction of sp³-hybridized carbons (Fsp3) is 0.214. The summed E-state index contributed by atoms with van der Waals surface area (Å²) in [5.41, 5.74) is 0.422. The third-order valence-corrected chi connectivity index (χ3v) is 2.74. The van der Waals surface area contributed by atoms with Gasteiger partial charge in [0.2, 0.25) is 0 Å². The number of rotatable bonds is 4. The molecule has 110 valence electrons. The van der Waals surface area contributed by atoms with Gasteiger partial charge < -0.3 is 9.47 Å². The average Bonchev–Trinajstić information content (AvgIpc) is 2.44. The zero-order valence-electron chi connectivity index (χ0n) is 11.6. The molecule has 0 saturated carbocycles. The predicted molar refractivity (Wildman–Crippen MR) is 73.8 cm³/mol. The van der Waals surface area contributed by atoms with Crippen molar-refractivity contribution in [3.05, 3.63) is 29.3 Å². The second-order valence-corrected chi connectivity index (χ2v) is 4.14. The van der Waals surface area contributed by atoms with Gasteiger partial charge in [-0.1, -0.05) is 6.07 Å². The van der Waals surface area contributed by atoms with Crippen LogP contribution >= 0.6 is 0 Å². The summed E-state index contributed by atoms with van der Waals surface area (Å²) < 4.78 is 10.6. The zero-order valence-corrected chi connectivity index (χ0v) is 11.6. The van der Waals surface area contributed by atoms with Crippen LogP contribution in [0.25, 0.3) is 6.08 Å². The van der Waals surface area contributed by atoms with Gasteiger partial charge >= 0.3 is 6.03 Å². The average molecular weight is 290 g/mol. The van der Waals surface area contributed by atoms with Gasteiger partial charge in [0.25, 0.3) is 11.8 Å². The lowest BCUT2D eigenvalue weighted by atomic mass is 10.1. The van der Waals surface area contributed by atoms with Crippen molar-refractivity contribution in [1.29, 1.82) is 0 Å². The van der Waals surface area contributed by atoms with E-state index in [0.29, 0.717) is 23.7 Å². The Balaban J connectivity index is 2.34. The molecule has 0 aromatic heterocycles. The van der Waals surface area contributed by atoms with Crippen molar-refractivity contribution in [3.8, 4) is 11.5 Å². The zero-order chi connectivity index (χ0) is 15.4. The van der Waals surface area contributed by atoms with Crippen molar-refractivity contribution >= 4 is 23.9 Å². The first kappa shape index (κ1) is 14.6. The SMILES string of the molecule is CCOc1ccc(C=C2C(=O)NC(=O)NC2=O)cc1OC. The number of hydrogen-bond acceptors (Lipinski definition) is 5. The summed E-state index contributed by atoms with van der Waals surface area (Å²) in [6.45, 7) is 2.34. The monoisotopic (exact) mass is 290 g/mol. The number of imide groups is 2. The van der Waals surface area contributed by atoms with Gasteiger partial charge in [0.15, 0.2) is 11.5 Å². The first-order valence-electron chi connectivity index (χ1n) is 6.24. The molecule has 0 radical (unpaired) electrons. The Morgan fingerprint density at radius 2 is 1.76 bits per heavy atom. The second kappa shape index (κ2) is 6.08. The van der Waals surface area contributed by atoms with E-state index in [1.807, 2.05) is 17.6 Å². The third kappa shape index (κ3) is 3.19. The van der Waals surface area contributed by atoms with E-state index in [0.717, 1.165) is 0 Å². The largest absolute Gasteiger partial charge is 0.493 e. The number of methoxy groups -OCH3 is 1. The number of ether oxygens (including phenoxy) is 2. The summed E-state index contributed by atoms with van der Waals surface area (Å²) in [5, 5.41) is 4.01. The minimum Gasteiger partial charge on any atom is -0.493 e.